The van der Waals surface area contributed by atoms with E-state index in [0.717, 1.165) is 12.8 Å². The summed E-state index contributed by atoms with van der Waals surface area (Å²) in [6.07, 6.45) is 5.85. The maximum atomic E-state index is 11.9. The third-order valence-corrected chi connectivity index (χ3v) is 3.29. The van der Waals surface area contributed by atoms with E-state index in [1.807, 2.05) is 6.92 Å². The molecule has 2 amide bonds. The van der Waals surface area contributed by atoms with Gasteiger partial charge in [0, 0.05) is 12.6 Å². The lowest BCUT2D eigenvalue weighted by atomic mass is 9.95. The van der Waals surface area contributed by atoms with Crippen molar-refractivity contribution in [2.45, 2.75) is 51.1 Å². The predicted octanol–water partition coefficient (Wildman–Crippen LogP) is -0.0847. The highest BCUT2D eigenvalue weighted by atomic mass is 16.5. The zero-order valence-corrected chi connectivity index (χ0v) is 11.6. The first kappa shape index (κ1) is 15.9. The van der Waals surface area contributed by atoms with Crippen molar-refractivity contribution in [3.05, 3.63) is 0 Å². The zero-order chi connectivity index (χ0) is 14.1. The first-order valence-electron chi connectivity index (χ1n) is 6.99. The Hall–Kier alpha value is -1.14. The summed E-state index contributed by atoms with van der Waals surface area (Å²) >= 11 is 0. The Morgan fingerprint density at radius 2 is 2.00 bits per heavy atom. The second-order valence-electron chi connectivity index (χ2n) is 5.04. The minimum atomic E-state index is -0.483. The van der Waals surface area contributed by atoms with Crippen molar-refractivity contribution in [2.75, 3.05) is 19.8 Å². The van der Waals surface area contributed by atoms with E-state index < -0.39 is 5.91 Å². The fourth-order valence-electron chi connectivity index (χ4n) is 2.19. The summed E-state index contributed by atoms with van der Waals surface area (Å²) in [6, 6.07) is 0.0794. The number of hydrogen-bond donors (Lipinski definition) is 3. The lowest BCUT2D eigenvalue weighted by Gasteiger charge is -2.24. The molecule has 0 aromatic heterocycles. The molecule has 1 atom stereocenters. The van der Waals surface area contributed by atoms with Crippen LogP contribution in [0.3, 0.4) is 0 Å². The van der Waals surface area contributed by atoms with E-state index >= 15 is 0 Å². The van der Waals surface area contributed by atoms with Crippen LogP contribution in [0, 0.1) is 0 Å². The Morgan fingerprint density at radius 3 is 2.63 bits per heavy atom. The van der Waals surface area contributed by atoms with Gasteiger partial charge in [0.1, 0.15) is 6.61 Å². The summed E-state index contributed by atoms with van der Waals surface area (Å²) in [7, 11) is 0. The third-order valence-electron chi connectivity index (χ3n) is 3.29. The van der Waals surface area contributed by atoms with Crippen molar-refractivity contribution in [2.24, 2.45) is 5.73 Å². The standard InChI is InChI=1S/C13H25N3O3/c1-10(15-7-8-19-9-12(14)17)13(18)16-11-5-3-2-4-6-11/h10-11,15H,2-9H2,1H3,(H2,14,17)(H,16,18). The largest absolute Gasteiger partial charge is 0.370 e. The van der Waals surface area contributed by atoms with Crippen LogP contribution >= 0.6 is 0 Å². The van der Waals surface area contributed by atoms with E-state index in [0.29, 0.717) is 19.2 Å². The van der Waals surface area contributed by atoms with Crippen LogP contribution in [0.2, 0.25) is 0 Å². The number of nitrogens with two attached hydrogens (primary N) is 1. The molecule has 110 valence electrons. The van der Waals surface area contributed by atoms with E-state index in [2.05, 4.69) is 10.6 Å². The molecule has 0 aromatic carbocycles. The van der Waals surface area contributed by atoms with Crippen molar-refractivity contribution in [3.8, 4) is 0 Å². The van der Waals surface area contributed by atoms with E-state index in [1.54, 1.807) is 0 Å². The molecule has 1 rings (SSSR count). The lowest BCUT2D eigenvalue weighted by molar-refractivity contribution is -0.124. The Morgan fingerprint density at radius 1 is 1.32 bits per heavy atom. The van der Waals surface area contributed by atoms with Gasteiger partial charge in [-0.25, -0.2) is 0 Å². The number of primary amides is 1. The molecule has 1 aliphatic rings. The van der Waals surface area contributed by atoms with Crippen LogP contribution in [0.4, 0.5) is 0 Å². The van der Waals surface area contributed by atoms with Gasteiger partial charge < -0.3 is 21.1 Å². The number of hydrogen-bond acceptors (Lipinski definition) is 4. The molecule has 1 aliphatic carbocycles. The van der Waals surface area contributed by atoms with Crippen LogP contribution in [-0.2, 0) is 14.3 Å². The van der Waals surface area contributed by atoms with Crippen LogP contribution in [0.5, 0.6) is 0 Å². The third kappa shape index (κ3) is 7.12. The lowest BCUT2D eigenvalue weighted by Crippen LogP contribution is -2.47. The number of amides is 2. The zero-order valence-electron chi connectivity index (χ0n) is 11.6. The second-order valence-corrected chi connectivity index (χ2v) is 5.04. The average Bonchev–Trinajstić information content (AvgIpc) is 2.38. The van der Waals surface area contributed by atoms with E-state index in [1.165, 1.54) is 19.3 Å². The van der Waals surface area contributed by atoms with E-state index in [9.17, 15) is 9.59 Å². The van der Waals surface area contributed by atoms with Crippen molar-refractivity contribution in [1.29, 1.82) is 0 Å². The predicted molar refractivity (Wildman–Crippen MR) is 72.5 cm³/mol. The highest BCUT2D eigenvalue weighted by molar-refractivity contribution is 5.81. The molecule has 0 saturated heterocycles. The molecule has 1 fully saturated rings. The molecule has 0 bridgehead atoms. The molecule has 0 heterocycles. The minimum Gasteiger partial charge on any atom is -0.370 e. The maximum absolute atomic E-state index is 11.9. The van der Waals surface area contributed by atoms with Crippen LogP contribution in [0.15, 0.2) is 0 Å². The normalized spacial score (nSPS) is 17.9. The molecule has 19 heavy (non-hydrogen) atoms. The Kier molecular flexibility index (Phi) is 7.43. The van der Waals surface area contributed by atoms with Gasteiger partial charge in [-0.3, -0.25) is 9.59 Å². The number of carbonyl (C=O) groups excluding carboxylic acids is 2. The van der Waals surface area contributed by atoms with Gasteiger partial charge in [0.15, 0.2) is 0 Å². The summed E-state index contributed by atoms with van der Waals surface area (Å²) in [5.74, 6) is -0.454. The Bertz CT molecular complexity index is 291. The van der Waals surface area contributed by atoms with Crippen LogP contribution < -0.4 is 16.4 Å². The van der Waals surface area contributed by atoms with Gasteiger partial charge in [-0.1, -0.05) is 19.3 Å². The van der Waals surface area contributed by atoms with Crippen LogP contribution in [-0.4, -0.2) is 43.7 Å². The number of ether oxygens (including phenoxy) is 1. The molecule has 6 nitrogen and oxygen atoms in total. The number of rotatable bonds is 8. The van der Waals surface area contributed by atoms with Gasteiger partial charge in [-0.05, 0) is 19.8 Å². The van der Waals surface area contributed by atoms with Crippen molar-refractivity contribution >= 4 is 11.8 Å². The molecule has 0 spiro atoms. The highest BCUT2D eigenvalue weighted by Crippen LogP contribution is 2.17. The van der Waals surface area contributed by atoms with Crippen molar-refractivity contribution < 1.29 is 14.3 Å². The summed E-state index contributed by atoms with van der Waals surface area (Å²) in [4.78, 5) is 22.3. The Labute approximate surface area is 114 Å². The summed E-state index contributed by atoms with van der Waals surface area (Å²) < 4.78 is 5.01. The summed E-state index contributed by atoms with van der Waals surface area (Å²) in [6.45, 7) is 2.63. The van der Waals surface area contributed by atoms with Crippen molar-refractivity contribution in [1.82, 2.24) is 10.6 Å². The highest BCUT2D eigenvalue weighted by Gasteiger charge is 2.18. The van der Waals surface area contributed by atoms with E-state index in [-0.39, 0.29) is 18.6 Å². The molecule has 1 unspecified atom stereocenters. The first-order valence-corrected chi connectivity index (χ1v) is 6.99. The van der Waals surface area contributed by atoms with Gasteiger partial charge >= 0.3 is 0 Å². The fraction of sp³-hybridized carbons (Fsp3) is 0.846. The summed E-state index contributed by atoms with van der Waals surface area (Å²) in [5.41, 5.74) is 4.94. The fourth-order valence-corrected chi connectivity index (χ4v) is 2.19. The quantitative estimate of drug-likeness (QED) is 0.538. The summed E-state index contributed by atoms with van der Waals surface area (Å²) in [5, 5.41) is 6.12. The second kappa shape index (κ2) is 8.87. The topological polar surface area (TPSA) is 93.4 Å². The monoisotopic (exact) mass is 271 g/mol. The molecule has 6 heteroatoms. The van der Waals surface area contributed by atoms with Gasteiger partial charge in [-0.2, -0.15) is 0 Å². The molecular formula is C13H25N3O3. The number of nitrogens with one attached hydrogen (secondary N) is 2. The minimum absolute atomic E-state index is 0.0294. The SMILES string of the molecule is CC(NCCOCC(N)=O)C(=O)NC1CCCCC1. The molecule has 0 aromatic rings. The first-order chi connectivity index (χ1) is 9.09. The van der Waals surface area contributed by atoms with Crippen LogP contribution in [0.25, 0.3) is 0 Å². The van der Waals surface area contributed by atoms with Crippen LogP contribution in [0.1, 0.15) is 39.0 Å². The van der Waals surface area contributed by atoms with Gasteiger partial charge in [0.05, 0.1) is 12.6 Å². The molecule has 4 N–H and O–H groups in total. The van der Waals surface area contributed by atoms with Crippen molar-refractivity contribution in [3.63, 3.8) is 0 Å². The van der Waals surface area contributed by atoms with Gasteiger partial charge in [0.25, 0.3) is 0 Å². The Balaban J connectivity index is 2.08. The smallest absolute Gasteiger partial charge is 0.243 e. The van der Waals surface area contributed by atoms with E-state index in [4.69, 9.17) is 10.5 Å². The molecular weight excluding hydrogens is 246 g/mol. The number of carbonyl (C=O) groups is 2. The maximum Gasteiger partial charge on any atom is 0.243 e. The van der Waals surface area contributed by atoms with Gasteiger partial charge in [0.2, 0.25) is 11.8 Å². The van der Waals surface area contributed by atoms with Gasteiger partial charge in [-0.15, -0.1) is 0 Å². The molecule has 0 radical (unpaired) electrons. The molecule has 0 aliphatic heterocycles. The average molecular weight is 271 g/mol. The molecule has 1 saturated carbocycles.